The highest BCUT2D eigenvalue weighted by Crippen LogP contribution is 2.16. The smallest absolute Gasteiger partial charge is 0.0409 e. The van der Waals surface area contributed by atoms with E-state index in [0.29, 0.717) is 6.04 Å². The molecular weight excluding hydrogens is 255 g/mol. The van der Waals surface area contributed by atoms with E-state index in [1.807, 2.05) is 19.2 Å². The van der Waals surface area contributed by atoms with Crippen LogP contribution in [0.25, 0.3) is 0 Å². The van der Waals surface area contributed by atoms with Crippen LogP contribution < -0.4 is 5.32 Å². The Hall–Kier alpha value is -0.280. The molecule has 0 amide bonds. The highest BCUT2D eigenvalue weighted by Gasteiger charge is 2.18. The number of halogens is 2. The van der Waals surface area contributed by atoms with Gasteiger partial charge in [-0.1, -0.05) is 23.7 Å². The fourth-order valence-corrected chi connectivity index (χ4v) is 2.54. The highest BCUT2D eigenvalue weighted by molar-refractivity contribution is 6.30. The summed E-state index contributed by atoms with van der Waals surface area (Å²) in [5, 5.41) is 4.20. The van der Waals surface area contributed by atoms with Crippen molar-refractivity contribution in [3.8, 4) is 0 Å². The summed E-state index contributed by atoms with van der Waals surface area (Å²) in [5.41, 5.74) is 1.31. The molecule has 1 aromatic carbocycles. The Kier molecular flexibility index (Phi) is 6.28. The van der Waals surface area contributed by atoms with Gasteiger partial charge in [0.2, 0.25) is 0 Å². The molecule has 2 rings (SSSR count). The first-order valence-corrected chi connectivity index (χ1v) is 6.30. The minimum absolute atomic E-state index is 0. The second-order valence-electron chi connectivity index (χ2n) is 4.49. The third kappa shape index (κ3) is 4.47. The Balaban J connectivity index is 0.00000144. The van der Waals surface area contributed by atoms with E-state index in [2.05, 4.69) is 22.3 Å². The van der Waals surface area contributed by atoms with Crippen molar-refractivity contribution in [1.82, 2.24) is 10.2 Å². The number of likely N-dealkylation sites (tertiary alicyclic amines) is 1. The van der Waals surface area contributed by atoms with E-state index >= 15 is 0 Å². The molecule has 17 heavy (non-hydrogen) atoms. The molecule has 1 saturated heterocycles. The first-order chi connectivity index (χ1) is 7.78. The zero-order chi connectivity index (χ0) is 11.4. The molecular formula is C13H20Cl2N2. The molecule has 96 valence electrons. The highest BCUT2D eigenvalue weighted by atomic mass is 35.5. The quantitative estimate of drug-likeness (QED) is 0.912. The molecule has 1 aromatic rings. The normalized spacial score (nSPS) is 20.9. The summed E-state index contributed by atoms with van der Waals surface area (Å²) < 4.78 is 0. The van der Waals surface area contributed by atoms with Gasteiger partial charge >= 0.3 is 0 Å². The van der Waals surface area contributed by atoms with E-state index in [9.17, 15) is 0 Å². The number of nitrogens with zero attached hydrogens (tertiary/aromatic N) is 1. The Bertz CT molecular complexity index is 344. The Morgan fingerprint density at radius 2 is 2.29 bits per heavy atom. The van der Waals surface area contributed by atoms with E-state index in [1.165, 1.54) is 24.9 Å². The zero-order valence-corrected chi connectivity index (χ0v) is 11.7. The van der Waals surface area contributed by atoms with Crippen LogP contribution in [0.1, 0.15) is 18.4 Å². The number of piperidine rings is 1. The maximum absolute atomic E-state index is 5.99. The maximum Gasteiger partial charge on any atom is 0.0409 e. The van der Waals surface area contributed by atoms with Crippen molar-refractivity contribution in [2.24, 2.45) is 0 Å². The van der Waals surface area contributed by atoms with Gasteiger partial charge < -0.3 is 5.32 Å². The van der Waals surface area contributed by atoms with Gasteiger partial charge in [0.25, 0.3) is 0 Å². The molecule has 0 spiro atoms. The van der Waals surface area contributed by atoms with Crippen molar-refractivity contribution >= 4 is 24.0 Å². The average Bonchev–Trinajstić information content (AvgIpc) is 2.29. The molecule has 1 N–H and O–H groups in total. The van der Waals surface area contributed by atoms with E-state index in [0.717, 1.165) is 18.1 Å². The SMILES string of the molecule is CNC1CCCN(Cc2cccc(Cl)c2)C1.Cl. The van der Waals surface area contributed by atoms with Gasteiger partial charge in [-0.3, -0.25) is 4.90 Å². The number of likely N-dealkylation sites (N-methyl/N-ethyl adjacent to an activating group) is 1. The Morgan fingerprint density at radius 3 is 3.00 bits per heavy atom. The van der Waals surface area contributed by atoms with Gasteiger partial charge in [-0.05, 0) is 44.1 Å². The molecule has 1 heterocycles. The summed E-state index contributed by atoms with van der Waals surface area (Å²) in [6.45, 7) is 3.35. The standard InChI is InChI=1S/C13H19ClN2.ClH/c1-15-13-6-3-7-16(10-13)9-11-4-2-5-12(14)8-11;/h2,4-5,8,13,15H,3,6-7,9-10H2,1H3;1H. The third-order valence-electron chi connectivity index (χ3n) is 3.21. The second-order valence-corrected chi connectivity index (χ2v) is 4.93. The number of benzene rings is 1. The van der Waals surface area contributed by atoms with E-state index in [1.54, 1.807) is 0 Å². The van der Waals surface area contributed by atoms with Crippen LogP contribution in [0.2, 0.25) is 5.02 Å². The van der Waals surface area contributed by atoms with Crippen molar-refractivity contribution in [3.05, 3.63) is 34.9 Å². The number of hydrogen-bond acceptors (Lipinski definition) is 2. The first-order valence-electron chi connectivity index (χ1n) is 5.92. The molecule has 0 radical (unpaired) electrons. The summed E-state index contributed by atoms with van der Waals surface area (Å²) >= 11 is 5.99. The largest absolute Gasteiger partial charge is 0.316 e. The number of nitrogens with one attached hydrogen (secondary N) is 1. The van der Waals surface area contributed by atoms with Crippen LogP contribution in [0, 0.1) is 0 Å². The molecule has 0 aliphatic carbocycles. The van der Waals surface area contributed by atoms with Crippen LogP contribution in [0.3, 0.4) is 0 Å². The molecule has 1 aliphatic rings. The summed E-state index contributed by atoms with van der Waals surface area (Å²) in [7, 11) is 2.05. The lowest BCUT2D eigenvalue weighted by molar-refractivity contribution is 0.188. The summed E-state index contributed by atoms with van der Waals surface area (Å²) in [5.74, 6) is 0. The zero-order valence-electron chi connectivity index (χ0n) is 10.2. The van der Waals surface area contributed by atoms with Gasteiger partial charge in [0.15, 0.2) is 0 Å². The van der Waals surface area contributed by atoms with Gasteiger partial charge in [0.1, 0.15) is 0 Å². The van der Waals surface area contributed by atoms with Crippen molar-refractivity contribution in [1.29, 1.82) is 0 Å². The molecule has 1 unspecified atom stereocenters. The van der Waals surface area contributed by atoms with Crippen molar-refractivity contribution in [2.45, 2.75) is 25.4 Å². The van der Waals surface area contributed by atoms with Gasteiger partial charge in [0.05, 0.1) is 0 Å². The number of hydrogen-bond donors (Lipinski definition) is 1. The van der Waals surface area contributed by atoms with E-state index < -0.39 is 0 Å². The molecule has 1 fully saturated rings. The molecule has 1 aliphatic heterocycles. The van der Waals surface area contributed by atoms with Crippen LogP contribution in [0.15, 0.2) is 24.3 Å². The summed E-state index contributed by atoms with van der Waals surface area (Å²) in [6.07, 6.45) is 2.58. The molecule has 0 bridgehead atoms. The Morgan fingerprint density at radius 1 is 1.47 bits per heavy atom. The predicted molar refractivity (Wildman–Crippen MR) is 76.1 cm³/mol. The molecule has 0 aromatic heterocycles. The van der Waals surface area contributed by atoms with Gasteiger partial charge in [-0.25, -0.2) is 0 Å². The lowest BCUT2D eigenvalue weighted by Crippen LogP contribution is -2.43. The molecule has 1 atom stereocenters. The second kappa shape index (κ2) is 7.22. The van der Waals surface area contributed by atoms with Gasteiger partial charge in [-0.2, -0.15) is 0 Å². The van der Waals surface area contributed by atoms with Crippen LogP contribution in [-0.4, -0.2) is 31.1 Å². The van der Waals surface area contributed by atoms with E-state index in [4.69, 9.17) is 11.6 Å². The molecule has 4 heteroatoms. The summed E-state index contributed by atoms with van der Waals surface area (Å²) in [4.78, 5) is 2.50. The monoisotopic (exact) mass is 274 g/mol. The van der Waals surface area contributed by atoms with Gasteiger partial charge in [-0.15, -0.1) is 12.4 Å². The maximum atomic E-state index is 5.99. The van der Waals surface area contributed by atoms with Crippen LogP contribution >= 0.6 is 24.0 Å². The van der Waals surface area contributed by atoms with Crippen molar-refractivity contribution in [2.75, 3.05) is 20.1 Å². The lowest BCUT2D eigenvalue weighted by Gasteiger charge is -2.32. The van der Waals surface area contributed by atoms with E-state index in [-0.39, 0.29) is 12.4 Å². The third-order valence-corrected chi connectivity index (χ3v) is 3.44. The van der Waals surface area contributed by atoms with Crippen LogP contribution in [-0.2, 0) is 6.54 Å². The van der Waals surface area contributed by atoms with Crippen molar-refractivity contribution < 1.29 is 0 Å². The Labute approximate surface area is 115 Å². The average molecular weight is 275 g/mol. The summed E-state index contributed by atoms with van der Waals surface area (Å²) in [6, 6.07) is 8.81. The lowest BCUT2D eigenvalue weighted by atomic mass is 10.1. The topological polar surface area (TPSA) is 15.3 Å². The van der Waals surface area contributed by atoms with Crippen LogP contribution in [0.4, 0.5) is 0 Å². The van der Waals surface area contributed by atoms with Crippen molar-refractivity contribution in [3.63, 3.8) is 0 Å². The molecule has 2 nitrogen and oxygen atoms in total. The predicted octanol–water partition coefficient (Wildman–Crippen LogP) is 2.95. The minimum Gasteiger partial charge on any atom is -0.316 e. The first kappa shape index (κ1) is 14.8. The molecule has 0 saturated carbocycles. The fourth-order valence-electron chi connectivity index (χ4n) is 2.33. The van der Waals surface area contributed by atoms with Gasteiger partial charge in [0, 0.05) is 24.2 Å². The van der Waals surface area contributed by atoms with Crippen LogP contribution in [0.5, 0.6) is 0 Å². The fraction of sp³-hybridized carbons (Fsp3) is 0.538. The number of rotatable bonds is 3. The minimum atomic E-state index is 0.